The van der Waals surface area contributed by atoms with Gasteiger partial charge in [0.2, 0.25) is 0 Å². The number of carbonyl (C=O) groups is 2. The van der Waals surface area contributed by atoms with Crippen molar-refractivity contribution in [1.82, 2.24) is 5.32 Å². The largest absolute Gasteiger partial charge is 0.497 e. The molecular weight excluding hydrogens is 246 g/mol. The van der Waals surface area contributed by atoms with E-state index in [9.17, 15) is 9.59 Å². The molecule has 1 aromatic carbocycles. The van der Waals surface area contributed by atoms with Crippen molar-refractivity contribution in [3.63, 3.8) is 0 Å². The van der Waals surface area contributed by atoms with E-state index in [1.54, 1.807) is 45.2 Å². The lowest BCUT2D eigenvalue weighted by Crippen LogP contribution is -2.43. The number of hydrogen-bond donors (Lipinski definition) is 2. The Hall–Kier alpha value is -2.04. The second kappa shape index (κ2) is 6.22. The average molecular weight is 265 g/mol. The van der Waals surface area contributed by atoms with Gasteiger partial charge in [0.15, 0.2) is 0 Å². The summed E-state index contributed by atoms with van der Waals surface area (Å²) in [5.74, 6) is -0.411. The maximum atomic E-state index is 12.0. The maximum absolute atomic E-state index is 12.0. The average Bonchev–Trinajstić information content (AvgIpc) is 2.36. The minimum absolute atomic E-state index is 0.0237. The molecule has 104 valence electrons. The summed E-state index contributed by atoms with van der Waals surface area (Å²) in [6, 6.07) is 6.75. The van der Waals surface area contributed by atoms with Crippen LogP contribution in [0.25, 0.3) is 0 Å². The third-order valence-corrected chi connectivity index (χ3v) is 2.77. The first kappa shape index (κ1) is 15.0. The Bertz CT molecular complexity index is 451. The van der Waals surface area contributed by atoms with Crippen LogP contribution < -0.4 is 10.1 Å². The molecule has 1 amide bonds. The van der Waals surface area contributed by atoms with E-state index < -0.39 is 11.5 Å². The van der Waals surface area contributed by atoms with Gasteiger partial charge < -0.3 is 15.2 Å². The molecule has 0 heterocycles. The summed E-state index contributed by atoms with van der Waals surface area (Å²) in [4.78, 5) is 22.6. The van der Waals surface area contributed by atoms with E-state index >= 15 is 0 Å². The van der Waals surface area contributed by atoms with Gasteiger partial charge in [0.05, 0.1) is 7.11 Å². The molecule has 0 unspecified atom stereocenters. The first-order chi connectivity index (χ1) is 8.84. The van der Waals surface area contributed by atoms with Crippen molar-refractivity contribution < 1.29 is 19.4 Å². The quantitative estimate of drug-likeness (QED) is 0.825. The number of carboxylic acids is 1. The molecule has 0 atom stereocenters. The fraction of sp³-hybridized carbons (Fsp3) is 0.429. The van der Waals surface area contributed by atoms with Crippen LogP contribution in [0, 0.1) is 0 Å². The van der Waals surface area contributed by atoms with Crippen LogP contribution in [0.15, 0.2) is 24.3 Å². The monoisotopic (exact) mass is 265 g/mol. The number of aliphatic carboxylic acids is 1. The second-order valence-corrected chi connectivity index (χ2v) is 4.96. The number of carboxylic acid groups (broad SMARTS) is 1. The van der Waals surface area contributed by atoms with Gasteiger partial charge in [0.25, 0.3) is 5.91 Å². The number of carbonyl (C=O) groups excluding carboxylic acids is 1. The van der Waals surface area contributed by atoms with Gasteiger partial charge in [-0.05, 0) is 44.5 Å². The number of nitrogens with one attached hydrogen (secondary N) is 1. The van der Waals surface area contributed by atoms with Gasteiger partial charge in [0, 0.05) is 17.5 Å². The molecule has 0 spiro atoms. The molecule has 1 rings (SSSR count). The maximum Gasteiger partial charge on any atom is 0.303 e. The van der Waals surface area contributed by atoms with Crippen LogP contribution in [0.1, 0.15) is 37.0 Å². The van der Waals surface area contributed by atoms with Gasteiger partial charge in [-0.15, -0.1) is 0 Å². The SMILES string of the molecule is COc1ccc(C(=O)NC(C)(C)CCC(=O)O)cc1. The predicted molar refractivity (Wildman–Crippen MR) is 71.4 cm³/mol. The summed E-state index contributed by atoms with van der Waals surface area (Å²) in [5, 5.41) is 11.5. The third-order valence-electron chi connectivity index (χ3n) is 2.77. The molecule has 0 aromatic heterocycles. The van der Waals surface area contributed by atoms with E-state index in [4.69, 9.17) is 9.84 Å². The zero-order chi connectivity index (χ0) is 14.5. The lowest BCUT2D eigenvalue weighted by molar-refractivity contribution is -0.137. The molecule has 0 radical (unpaired) electrons. The van der Waals surface area contributed by atoms with E-state index in [1.807, 2.05) is 0 Å². The Balaban J connectivity index is 2.64. The normalized spacial score (nSPS) is 10.9. The highest BCUT2D eigenvalue weighted by Crippen LogP contribution is 2.15. The summed E-state index contributed by atoms with van der Waals surface area (Å²) >= 11 is 0. The number of methoxy groups -OCH3 is 1. The summed E-state index contributed by atoms with van der Waals surface area (Å²) < 4.78 is 5.02. The van der Waals surface area contributed by atoms with Crippen molar-refractivity contribution in [1.29, 1.82) is 0 Å². The van der Waals surface area contributed by atoms with Gasteiger partial charge in [-0.3, -0.25) is 9.59 Å². The van der Waals surface area contributed by atoms with Crippen LogP contribution in [0.4, 0.5) is 0 Å². The number of ether oxygens (including phenoxy) is 1. The number of rotatable bonds is 6. The molecule has 5 heteroatoms. The highest BCUT2D eigenvalue weighted by Gasteiger charge is 2.22. The van der Waals surface area contributed by atoms with Gasteiger partial charge in [-0.2, -0.15) is 0 Å². The minimum atomic E-state index is -0.869. The smallest absolute Gasteiger partial charge is 0.303 e. The molecular formula is C14H19NO4. The second-order valence-electron chi connectivity index (χ2n) is 4.96. The Morgan fingerprint density at radius 1 is 1.26 bits per heavy atom. The molecule has 0 bridgehead atoms. The lowest BCUT2D eigenvalue weighted by Gasteiger charge is -2.25. The van der Waals surface area contributed by atoms with E-state index in [2.05, 4.69) is 5.32 Å². The van der Waals surface area contributed by atoms with Crippen molar-refractivity contribution in [3.05, 3.63) is 29.8 Å². The first-order valence-corrected chi connectivity index (χ1v) is 6.02. The zero-order valence-electron chi connectivity index (χ0n) is 11.4. The molecule has 0 aliphatic rings. The minimum Gasteiger partial charge on any atom is -0.497 e. The molecule has 2 N–H and O–H groups in total. The lowest BCUT2D eigenvalue weighted by atomic mass is 9.98. The molecule has 0 aliphatic heterocycles. The van der Waals surface area contributed by atoms with Crippen LogP contribution in [-0.2, 0) is 4.79 Å². The van der Waals surface area contributed by atoms with E-state index in [0.717, 1.165) is 0 Å². The topological polar surface area (TPSA) is 75.6 Å². The van der Waals surface area contributed by atoms with Crippen molar-refractivity contribution in [2.24, 2.45) is 0 Å². The molecule has 0 aliphatic carbocycles. The summed E-state index contributed by atoms with van der Waals surface area (Å²) in [5.41, 5.74) is -0.0423. The Morgan fingerprint density at radius 3 is 2.32 bits per heavy atom. The summed E-state index contributed by atoms with van der Waals surface area (Å²) in [7, 11) is 1.56. The van der Waals surface area contributed by atoms with E-state index in [0.29, 0.717) is 17.7 Å². The predicted octanol–water partition coefficient (Wildman–Crippen LogP) is 2.07. The van der Waals surface area contributed by atoms with Gasteiger partial charge >= 0.3 is 5.97 Å². The fourth-order valence-electron chi connectivity index (χ4n) is 1.60. The Kier molecular flexibility index (Phi) is 4.92. The van der Waals surface area contributed by atoms with E-state index in [1.165, 1.54) is 0 Å². The number of benzene rings is 1. The highest BCUT2D eigenvalue weighted by molar-refractivity contribution is 5.94. The Labute approximate surface area is 112 Å². The van der Waals surface area contributed by atoms with Crippen LogP contribution in [0.5, 0.6) is 5.75 Å². The standard InChI is InChI=1S/C14H19NO4/c1-14(2,9-8-12(16)17)15-13(18)10-4-6-11(19-3)7-5-10/h4-7H,8-9H2,1-3H3,(H,15,18)(H,16,17). The number of hydrogen-bond acceptors (Lipinski definition) is 3. The fourth-order valence-corrected chi connectivity index (χ4v) is 1.60. The van der Waals surface area contributed by atoms with Crippen LogP contribution in [0.2, 0.25) is 0 Å². The molecule has 0 saturated heterocycles. The van der Waals surface area contributed by atoms with Crippen LogP contribution in [0.3, 0.4) is 0 Å². The van der Waals surface area contributed by atoms with Crippen molar-refractivity contribution >= 4 is 11.9 Å². The number of amides is 1. The van der Waals surface area contributed by atoms with Gasteiger partial charge in [0.1, 0.15) is 5.75 Å². The van der Waals surface area contributed by atoms with E-state index in [-0.39, 0.29) is 12.3 Å². The molecule has 5 nitrogen and oxygen atoms in total. The van der Waals surface area contributed by atoms with Crippen molar-refractivity contribution in [2.45, 2.75) is 32.2 Å². The highest BCUT2D eigenvalue weighted by atomic mass is 16.5. The summed E-state index contributed by atoms with van der Waals surface area (Å²) in [6.07, 6.45) is 0.403. The molecule has 0 saturated carbocycles. The summed E-state index contributed by atoms with van der Waals surface area (Å²) in [6.45, 7) is 3.61. The van der Waals surface area contributed by atoms with Crippen molar-refractivity contribution in [3.8, 4) is 5.75 Å². The molecule has 1 aromatic rings. The van der Waals surface area contributed by atoms with Crippen LogP contribution in [-0.4, -0.2) is 29.6 Å². The van der Waals surface area contributed by atoms with Gasteiger partial charge in [-0.1, -0.05) is 0 Å². The molecule has 19 heavy (non-hydrogen) atoms. The van der Waals surface area contributed by atoms with Crippen molar-refractivity contribution in [2.75, 3.05) is 7.11 Å². The van der Waals surface area contributed by atoms with Gasteiger partial charge in [-0.25, -0.2) is 0 Å². The van der Waals surface area contributed by atoms with Crippen LogP contribution >= 0.6 is 0 Å². The Morgan fingerprint density at radius 2 is 1.84 bits per heavy atom. The first-order valence-electron chi connectivity index (χ1n) is 6.02. The third kappa shape index (κ3) is 4.99. The molecule has 0 fully saturated rings. The zero-order valence-corrected chi connectivity index (χ0v) is 11.4.